The summed E-state index contributed by atoms with van der Waals surface area (Å²) in [6.07, 6.45) is -0.0537. The van der Waals surface area contributed by atoms with Crippen LogP contribution >= 0.6 is 11.3 Å². The molecule has 0 radical (unpaired) electrons. The molecule has 2 atom stereocenters. The van der Waals surface area contributed by atoms with Crippen LogP contribution in [0.15, 0.2) is 24.3 Å². The molecule has 0 unspecified atom stereocenters. The third kappa shape index (κ3) is 3.69. The Hall–Kier alpha value is -1.54. The minimum absolute atomic E-state index is 0.0537. The van der Waals surface area contributed by atoms with Crippen LogP contribution in [0, 0.1) is 0 Å². The molecule has 0 bridgehead atoms. The van der Waals surface area contributed by atoms with E-state index >= 15 is 0 Å². The molecule has 1 N–H and O–H groups in total. The number of piperazine rings is 1. The summed E-state index contributed by atoms with van der Waals surface area (Å²) in [5.41, 5.74) is 1.08. The number of para-hydroxylation sites is 1. The molecule has 6 nitrogen and oxygen atoms in total. The van der Waals surface area contributed by atoms with E-state index in [-0.39, 0.29) is 18.1 Å². The van der Waals surface area contributed by atoms with Gasteiger partial charge in [0.15, 0.2) is 0 Å². The van der Waals surface area contributed by atoms with Gasteiger partial charge >= 0.3 is 0 Å². The van der Waals surface area contributed by atoms with Crippen molar-refractivity contribution in [3.05, 3.63) is 29.3 Å². The molecule has 0 aliphatic carbocycles. The van der Waals surface area contributed by atoms with E-state index in [4.69, 9.17) is 9.72 Å². The van der Waals surface area contributed by atoms with E-state index in [1.807, 2.05) is 17.9 Å². The molecule has 1 aromatic carbocycles. The zero-order valence-corrected chi connectivity index (χ0v) is 15.3. The normalized spacial score (nSPS) is 25.4. The molecule has 1 amide bonds. The summed E-state index contributed by atoms with van der Waals surface area (Å²) >= 11 is 1.76. The zero-order chi connectivity index (χ0) is 17.2. The number of carbonyl (C=O) groups is 1. The highest BCUT2D eigenvalue weighted by molar-refractivity contribution is 7.18. The average Bonchev–Trinajstić information content (AvgIpc) is 3.04. The third-order valence-electron chi connectivity index (χ3n) is 4.96. The van der Waals surface area contributed by atoms with E-state index in [0.29, 0.717) is 6.61 Å². The van der Waals surface area contributed by atoms with Crippen molar-refractivity contribution in [1.82, 2.24) is 20.1 Å². The number of aromatic nitrogens is 1. The number of benzene rings is 1. The zero-order valence-electron chi connectivity index (χ0n) is 14.5. The van der Waals surface area contributed by atoms with Gasteiger partial charge in [-0.1, -0.05) is 12.1 Å². The van der Waals surface area contributed by atoms with Crippen molar-refractivity contribution in [1.29, 1.82) is 0 Å². The van der Waals surface area contributed by atoms with Gasteiger partial charge in [0.05, 0.1) is 29.5 Å². The van der Waals surface area contributed by atoms with Crippen LogP contribution in [0.3, 0.4) is 0 Å². The first kappa shape index (κ1) is 16.9. The van der Waals surface area contributed by atoms with Gasteiger partial charge in [0.25, 0.3) is 0 Å². The van der Waals surface area contributed by atoms with Gasteiger partial charge in [-0.3, -0.25) is 9.69 Å². The molecule has 0 saturated carbocycles. The standard InChI is InChI=1S/C18H24N4O2S/c1-13-17(19-6-11-24-13)18(23)22-9-7-21(8-10-22)12-16-20-14-4-2-3-5-15(14)25-16/h2-5,13,17,19H,6-12H2,1H3/t13-,17+/m1/s1. The number of rotatable bonds is 3. The number of carbonyl (C=O) groups excluding carboxylic acids is 1. The molecule has 0 spiro atoms. The van der Waals surface area contributed by atoms with Crippen molar-refractivity contribution in [3.63, 3.8) is 0 Å². The Bertz CT molecular complexity index is 709. The average molecular weight is 360 g/mol. The Labute approximate surface area is 151 Å². The number of hydrogen-bond acceptors (Lipinski definition) is 6. The molecule has 2 saturated heterocycles. The molecule has 1 aromatic heterocycles. The summed E-state index contributed by atoms with van der Waals surface area (Å²) in [7, 11) is 0. The third-order valence-corrected chi connectivity index (χ3v) is 5.98. The lowest BCUT2D eigenvalue weighted by molar-refractivity contribution is -0.141. The summed E-state index contributed by atoms with van der Waals surface area (Å²) in [5, 5.41) is 4.44. The van der Waals surface area contributed by atoms with Crippen LogP contribution in [0.1, 0.15) is 11.9 Å². The van der Waals surface area contributed by atoms with Crippen molar-refractivity contribution < 1.29 is 9.53 Å². The number of morpholine rings is 1. The second kappa shape index (κ2) is 7.37. The molecule has 3 heterocycles. The lowest BCUT2D eigenvalue weighted by atomic mass is 10.1. The van der Waals surface area contributed by atoms with Gasteiger partial charge < -0.3 is 15.0 Å². The Morgan fingerprint density at radius 1 is 1.32 bits per heavy atom. The first-order valence-electron chi connectivity index (χ1n) is 8.91. The number of hydrogen-bond donors (Lipinski definition) is 1. The van der Waals surface area contributed by atoms with Crippen LogP contribution < -0.4 is 5.32 Å². The smallest absolute Gasteiger partial charge is 0.242 e. The van der Waals surface area contributed by atoms with Crippen LogP contribution in [-0.2, 0) is 16.1 Å². The van der Waals surface area contributed by atoms with Crippen LogP contribution in [0.25, 0.3) is 10.2 Å². The van der Waals surface area contributed by atoms with Gasteiger partial charge in [-0.15, -0.1) is 11.3 Å². The van der Waals surface area contributed by atoms with E-state index in [1.165, 1.54) is 4.70 Å². The molecule has 134 valence electrons. The van der Waals surface area contributed by atoms with Crippen molar-refractivity contribution in [2.75, 3.05) is 39.3 Å². The topological polar surface area (TPSA) is 57.7 Å². The Morgan fingerprint density at radius 2 is 2.12 bits per heavy atom. The summed E-state index contributed by atoms with van der Waals surface area (Å²) < 4.78 is 6.84. The van der Waals surface area contributed by atoms with E-state index in [0.717, 1.165) is 49.8 Å². The molecular weight excluding hydrogens is 336 g/mol. The maximum atomic E-state index is 12.7. The SMILES string of the molecule is C[C@H]1OCCN[C@@H]1C(=O)N1CCN(Cc2nc3ccccc3s2)CC1. The second-order valence-corrected chi connectivity index (χ2v) is 7.80. The van der Waals surface area contributed by atoms with Gasteiger partial charge in [-0.25, -0.2) is 4.98 Å². The van der Waals surface area contributed by atoms with Crippen molar-refractivity contribution >= 4 is 27.5 Å². The molecule has 2 aliphatic rings. The highest BCUT2D eigenvalue weighted by Crippen LogP contribution is 2.23. The predicted octanol–water partition coefficient (Wildman–Crippen LogP) is 1.32. The maximum absolute atomic E-state index is 12.7. The van der Waals surface area contributed by atoms with Crippen molar-refractivity contribution in [2.45, 2.75) is 25.6 Å². The lowest BCUT2D eigenvalue weighted by Crippen LogP contribution is -2.59. The Kier molecular flexibility index (Phi) is 4.98. The fourth-order valence-electron chi connectivity index (χ4n) is 3.51. The maximum Gasteiger partial charge on any atom is 0.242 e. The summed E-state index contributed by atoms with van der Waals surface area (Å²) in [6, 6.07) is 8.06. The molecule has 2 aromatic rings. The number of amides is 1. The largest absolute Gasteiger partial charge is 0.375 e. The van der Waals surface area contributed by atoms with Crippen molar-refractivity contribution in [2.24, 2.45) is 0 Å². The Morgan fingerprint density at radius 3 is 2.88 bits per heavy atom. The number of nitrogens with zero attached hydrogens (tertiary/aromatic N) is 3. The summed E-state index contributed by atoms with van der Waals surface area (Å²) in [6.45, 7) is 7.59. The van der Waals surface area contributed by atoms with Gasteiger partial charge in [0.2, 0.25) is 5.91 Å². The van der Waals surface area contributed by atoms with E-state index in [9.17, 15) is 4.79 Å². The quantitative estimate of drug-likeness (QED) is 0.895. The molecule has 7 heteroatoms. The minimum atomic E-state index is -0.204. The van der Waals surface area contributed by atoms with Gasteiger partial charge in [0, 0.05) is 32.7 Å². The van der Waals surface area contributed by atoms with E-state index in [2.05, 4.69) is 28.4 Å². The highest BCUT2D eigenvalue weighted by atomic mass is 32.1. The summed E-state index contributed by atoms with van der Waals surface area (Å²) in [5.74, 6) is 0.173. The molecule has 4 rings (SSSR count). The number of thiazole rings is 1. The first-order valence-corrected chi connectivity index (χ1v) is 9.73. The number of fused-ring (bicyclic) bond motifs is 1. The van der Waals surface area contributed by atoms with Crippen molar-refractivity contribution in [3.8, 4) is 0 Å². The molecule has 2 fully saturated rings. The van der Waals surface area contributed by atoms with Crippen LogP contribution in [0.5, 0.6) is 0 Å². The molecule has 25 heavy (non-hydrogen) atoms. The Balaban J connectivity index is 1.32. The van der Waals surface area contributed by atoms with Gasteiger partial charge in [-0.2, -0.15) is 0 Å². The van der Waals surface area contributed by atoms with E-state index in [1.54, 1.807) is 11.3 Å². The van der Waals surface area contributed by atoms with Gasteiger partial charge in [-0.05, 0) is 19.1 Å². The second-order valence-electron chi connectivity index (χ2n) is 6.68. The summed E-state index contributed by atoms with van der Waals surface area (Å²) in [4.78, 5) is 21.8. The van der Waals surface area contributed by atoms with Crippen LogP contribution in [0.4, 0.5) is 0 Å². The highest BCUT2D eigenvalue weighted by Gasteiger charge is 2.33. The number of nitrogens with one attached hydrogen (secondary N) is 1. The van der Waals surface area contributed by atoms with E-state index < -0.39 is 0 Å². The van der Waals surface area contributed by atoms with Crippen LogP contribution in [-0.4, -0.2) is 72.2 Å². The lowest BCUT2D eigenvalue weighted by Gasteiger charge is -2.38. The minimum Gasteiger partial charge on any atom is -0.375 e. The predicted molar refractivity (Wildman–Crippen MR) is 98.7 cm³/mol. The monoisotopic (exact) mass is 360 g/mol. The molecular formula is C18H24N4O2S. The fourth-order valence-corrected chi connectivity index (χ4v) is 4.52. The van der Waals surface area contributed by atoms with Crippen LogP contribution in [0.2, 0.25) is 0 Å². The number of ether oxygens (including phenoxy) is 1. The fraction of sp³-hybridized carbons (Fsp3) is 0.556. The van der Waals surface area contributed by atoms with Gasteiger partial charge in [0.1, 0.15) is 11.0 Å². The first-order chi connectivity index (χ1) is 12.2. The molecule has 2 aliphatic heterocycles.